The summed E-state index contributed by atoms with van der Waals surface area (Å²) >= 11 is 3.61. The summed E-state index contributed by atoms with van der Waals surface area (Å²) in [6.07, 6.45) is 2.46. The maximum atomic E-state index is 4.77. The monoisotopic (exact) mass is 346 g/mol. The van der Waals surface area contributed by atoms with Crippen molar-refractivity contribution >= 4 is 12.6 Å². The van der Waals surface area contributed by atoms with E-state index in [9.17, 15) is 0 Å². The van der Waals surface area contributed by atoms with Crippen LogP contribution in [0, 0.1) is 13.8 Å². The van der Waals surface area contributed by atoms with Gasteiger partial charge in [0, 0.05) is 0 Å². The highest BCUT2D eigenvalue weighted by Gasteiger charge is 2.02. The van der Waals surface area contributed by atoms with Gasteiger partial charge in [-0.3, -0.25) is 0 Å². The van der Waals surface area contributed by atoms with Gasteiger partial charge in [-0.2, -0.15) is 0 Å². The number of rotatable bonds is 2. The molecule has 24 heavy (non-hydrogen) atoms. The molecule has 0 fully saturated rings. The lowest BCUT2D eigenvalue weighted by Gasteiger charge is -2.08. The van der Waals surface area contributed by atoms with Gasteiger partial charge in [-0.1, -0.05) is 68.8 Å². The molecule has 2 rings (SSSR count). The summed E-state index contributed by atoms with van der Waals surface area (Å²) < 4.78 is 0. The largest absolute Gasteiger partial charge is 0.404 e. The molecule has 3 heteroatoms. The first-order valence-electron chi connectivity index (χ1n) is 8.37. The first kappa shape index (κ1) is 24.5. The van der Waals surface area contributed by atoms with E-state index in [-0.39, 0.29) is 0 Å². The second kappa shape index (κ2) is 16.2. The van der Waals surface area contributed by atoms with Crippen molar-refractivity contribution in [3.63, 3.8) is 0 Å². The average Bonchev–Trinajstić information content (AvgIpc) is 2.66. The van der Waals surface area contributed by atoms with Crippen LogP contribution in [0.5, 0.6) is 0 Å². The van der Waals surface area contributed by atoms with Gasteiger partial charge in [0.05, 0.1) is 0 Å². The molecule has 4 N–H and O–H groups in total. The molecule has 0 aliphatic heterocycles. The second-order valence-corrected chi connectivity index (χ2v) is 5.01. The Balaban J connectivity index is 0. The molecule has 0 atom stereocenters. The molecular weight excluding hydrogens is 312 g/mol. The summed E-state index contributed by atoms with van der Waals surface area (Å²) in [5, 5.41) is 1.47. The van der Waals surface area contributed by atoms with Crippen LogP contribution in [0.3, 0.4) is 0 Å². The van der Waals surface area contributed by atoms with Crippen LogP contribution in [-0.4, -0.2) is 7.05 Å². The van der Waals surface area contributed by atoms with E-state index < -0.39 is 0 Å². The van der Waals surface area contributed by atoms with E-state index >= 15 is 0 Å². The van der Waals surface area contributed by atoms with Crippen molar-refractivity contribution < 1.29 is 0 Å². The Hall–Kier alpha value is -1.71. The predicted octanol–water partition coefficient (Wildman–Crippen LogP) is 5.48. The first-order chi connectivity index (χ1) is 11.6. The van der Waals surface area contributed by atoms with Crippen molar-refractivity contribution in [3.8, 4) is 11.1 Å². The van der Waals surface area contributed by atoms with Crippen LogP contribution in [0.15, 0.2) is 54.1 Å². The lowest BCUT2D eigenvalue weighted by atomic mass is 9.97. The van der Waals surface area contributed by atoms with Gasteiger partial charge in [-0.25, -0.2) is 0 Å². The van der Waals surface area contributed by atoms with Crippen LogP contribution in [0.2, 0.25) is 0 Å². The van der Waals surface area contributed by atoms with Crippen LogP contribution in [0.1, 0.15) is 37.5 Å². The van der Waals surface area contributed by atoms with Crippen molar-refractivity contribution in [2.24, 2.45) is 11.5 Å². The van der Waals surface area contributed by atoms with E-state index in [1.54, 1.807) is 0 Å². The third kappa shape index (κ3) is 9.43. The molecular formula is C21H34N2S. The van der Waals surface area contributed by atoms with Gasteiger partial charge < -0.3 is 11.5 Å². The Labute approximate surface area is 154 Å². The zero-order valence-electron chi connectivity index (χ0n) is 16.0. The van der Waals surface area contributed by atoms with Gasteiger partial charge >= 0.3 is 0 Å². The van der Waals surface area contributed by atoms with Gasteiger partial charge in [0.2, 0.25) is 0 Å². The van der Waals surface area contributed by atoms with Crippen molar-refractivity contribution in [1.29, 1.82) is 0 Å². The van der Waals surface area contributed by atoms with Crippen LogP contribution in [-0.2, 0) is 6.42 Å². The van der Waals surface area contributed by atoms with E-state index in [1.165, 1.54) is 46.5 Å². The second-order valence-electron chi connectivity index (χ2n) is 4.71. The van der Waals surface area contributed by atoms with Crippen LogP contribution in [0.25, 0.3) is 11.1 Å². The molecule has 0 spiro atoms. The summed E-state index contributed by atoms with van der Waals surface area (Å²) in [5.41, 5.74) is 16.0. The lowest BCUT2D eigenvalue weighted by molar-refractivity contribution is 1.14. The zero-order chi connectivity index (χ0) is 19.0. The molecule has 0 heterocycles. The quantitative estimate of drug-likeness (QED) is 0.631. The minimum Gasteiger partial charge on any atom is -0.404 e. The van der Waals surface area contributed by atoms with E-state index in [2.05, 4.69) is 81.6 Å². The van der Waals surface area contributed by atoms with Crippen LogP contribution < -0.4 is 11.5 Å². The number of nitrogens with two attached hydrogens (primary N) is 2. The molecule has 0 aliphatic carbocycles. The summed E-state index contributed by atoms with van der Waals surface area (Å²) in [7, 11) is 1.50. The minimum atomic E-state index is 1.10. The van der Waals surface area contributed by atoms with E-state index in [0.717, 1.165) is 6.42 Å². The Kier molecular flexibility index (Phi) is 16.5. The molecule has 0 aliphatic rings. The van der Waals surface area contributed by atoms with E-state index in [0.29, 0.717) is 0 Å². The molecule has 0 radical (unpaired) electrons. The highest BCUT2D eigenvalue weighted by molar-refractivity contribution is 7.83. The van der Waals surface area contributed by atoms with Crippen molar-refractivity contribution in [3.05, 3.63) is 70.8 Å². The molecule has 0 amide bonds. The topological polar surface area (TPSA) is 52.0 Å². The van der Waals surface area contributed by atoms with Gasteiger partial charge in [0.15, 0.2) is 0 Å². The molecule has 0 bridgehead atoms. The third-order valence-electron chi connectivity index (χ3n) is 3.16. The smallest absolute Gasteiger partial charge is 0.0000775 e. The SMILES string of the molecule is CC.CCc1ccc(C)c(-c2ccc(C)cc2)c1.CN.N/C=C\S. The molecule has 0 aromatic heterocycles. The summed E-state index contributed by atoms with van der Waals surface area (Å²) in [6, 6.07) is 15.5. The zero-order valence-corrected chi connectivity index (χ0v) is 16.9. The van der Waals surface area contributed by atoms with Crippen molar-refractivity contribution in [2.45, 2.75) is 41.0 Å². The van der Waals surface area contributed by atoms with Gasteiger partial charge in [0.25, 0.3) is 0 Å². The van der Waals surface area contributed by atoms with E-state index in [1.807, 2.05) is 13.8 Å². The fraction of sp³-hybridized carbons (Fsp3) is 0.333. The number of thiol groups is 1. The molecule has 0 saturated carbocycles. The molecule has 0 unspecified atom stereocenters. The summed E-state index contributed by atoms with van der Waals surface area (Å²) in [4.78, 5) is 0. The van der Waals surface area contributed by atoms with Crippen molar-refractivity contribution in [1.82, 2.24) is 0 Å². The third-order valence-corrected chi connectivity index (χ3v) is 3.33. The molecule has 2 aromatic rings. The normalized spacial score (nSPS) is 9.00. The molecule has 0 saturated heterocycles. The maximum absolute atomic E-state index is 4.77. The minimum absolute atomic E-state index is 1.10. The number of hydrogen-bond donors (Lipinski definition) is 3. The summed E-state index contributed by atoms with van der Waals surface area (Å²) in [5.74, 6) is 0. The summed E-state index contributed by atoms with van der Waals surface area (Å²) in [6.45, 7) is 10.5. The van der Waals surface area contributed by atoms with Crippen molar-refractivity contribution in [2.75, 3.05) is 7.05 Å². The highest BCUT2D eigenvalue weighted by Crippen LogP contribution is 2.25. The Morgan fingerprint density at radius 3 is 1.88 bits per heavy atom. The predicted molar refractivity (Wildman–Crippen MR) is 115 cm³/mol. The fourth-order valence-electron chi connectivity index (χ4n) is 1.93. The Bertz CT molecular complexity index is 557. The average molecular weight is 347 g/mol. The molecule has 2 nitrogen and oxygen atoms in total. The van der Waals surface area contributed by atoms with Crippen LogP contribution >= 0.6 is 12.6 Å². The Morgan fingerprint density at radius 1 is 0.958 bits per heavy atom. The number of benzene rings is 2. The first-order valence-corrected chi connectivity index (χ1v) is 8.89. The highest BCUT2D eigenvalue weighted by atomic mass is 32.1. The number of aryl methyl sites for hydroxylation is 3. The standard InChI is InChI=1S/C16H18.C2H5NS.C2H6.CH5N/c1-4-14-8-7-13(3)16(11-14)15-9-5-12(2)6-10-15;3-1-2-4;2*1-2/h5-11H,4H2,1-3H3;1-2,4H,3H2;1-2H3;2H2,1H3/b;2-1-;;. The number of hydrogen-bond acceptors (Lipinski definition) is 3. The lowest BCUT2D eigenvalue weighted by Crippen LogP contribution is -1.87. The van der Waals surface area contributed by atoms with Gasteiger partial charge in [0.1, 0.15) is 0 Å². The van der Waals surface area contributed by atoms with Crippen LogP contribution in [0.4, 0.5) is 0 Å². The molecule has 2 aromatic carbocycles. The fourth-order valence-corrected chi connectivity index (χ4v) is 1.93. The van der Waals surface area contributed by atoms with Gasteiger partial charge in [-0.05, 0) is 61.2 Å². The maximum Gasteiger partial charge on any atom is -0.0000775 e. The van der Waals surface area contributed by atoms with Gasteiger partial charge in [-0.15, -0.1) is 12.6 Å². The van der Waals surface area contributed by atoms with E-state index in [4.69, 9.17) is 5.73 Å². The molecule has 134 valence electrons. The Morgan fingerprint density at radius 2 is 1.46 bits per heavy atom.